The lowest BCUT2D eigenvalue weighted by molar-refractivity contribution is -0.132. The lowest BCUT2D eigenvalue weighted by atomic mass is 9.60. The largest absolute Gasteiger partial charge is 0.444 e. The minimum absolute atomic E-state index is 0.169. The first kappa shape index (κ1) is 26.5. The molecule has 202 valence electrons. The summed E-state index contributed by atoms with van der Waals surface area (Å²) in [6.07, 6.45) is 2.73. The Bertz CT molecular complexity index is 1190. The predicted molar refractivity (Wildman–Crippen MR) is 144 cm³/mol. The fourth-order valence-electron chi connectivity index (χ4n) is 6.18. The van der Waals surface area contributed by atoms with Crippen LogP contribution < -0.4 is 0 Å². The van der Waals surface area contributed by atoms with Crippen LogP contribution in [0.4, 0.5) is 9.59 Å². The summed E-state index contributed by atoms with van der Waals surface area (Å²) in [5.41, 5.74) is 0.907. The van der Waals surface area contributed by atoms with Gasteiger partial charge in [0, 0.05) is 18.0 Å². The van der Waals surface area contributed by atoms with Crippen molar-refractivity contribution in [3.8, 4) is 0 Å². The highest BCUT2D eigenvalue weighted by molar-refractivity contribution is 6.30. The Hall–Kier alpha value is -3.06. The lowest BCUT2D eigenvalue weighted by Crippen LogP contribution is -2.54. The molecule has 7 nitrogen and oxygen atoms in total. The average Bonchev–Trinajstić information content (AvgIpc) is 3.41. The van der Waals surface area contributed by atoms with Gasteiger partial charge in [0.1, 0.15) is 11.7 Å². The number of amides is 3. The molecule has 3 amide bonds. The molecule has 0 aromatic heterocycles. The molecule has 3 aliphatic rings. The van der Waals surface area contributed by atoms with E-state index in [-0.39, 0.29) is 17.9 Å². The van der Waals surface area contributed by atoms with Crippen molar-refractivity contribution in [3.05, 3.63) is 70.7 Å². The maximum absolute atomic E-state index is 14.3. The predicted octanol–water partition coefficient (Wildman–Crippen LogP) is 6.19. The summed E-state index contributed by atoms with van der Waals surface area (Å²) in [5.74, 6) is -1.09. The number of imide groups is 1. The molecule has 1 aliphatic carbocycles. The van der Waals surface area contributed by atoms with Crippen LogP contribution in [-0.4, -0.2) is 58.7 Å². The summed E-state index contributed by atoms with van der Waals surface area (Å²) >= 11 is 6.19. The lowest BCUT2D eigenvalue weighted by Gasteiger charge is -2.48. The van der Waals surface area contributed by atoms with E-state index in [9.17, 15) is 14.4 Å². The highest BCUT2D eigenvalue weighted by atomic mass is 35.5. The SMILES string of the molecule is CC(C)(C)OC(=O)N1CCC2(CCC2)[C@H]1C(C(=O)N1C[C@H](Cc2ccccc2)OC1=O)c1ccc(Cl)cc1. The topological polar surface area (TPSA) is 76.2 Å². The molecule has 8 heteroatoms. The summed E-state index contributed by atoms with van der Waals surface area (Å²) < 4.78 is 11.4. The second kappa shape index (κ2) is 10.3. The molecule has 1 unspecified atom stereocenters. The van der Waals surface area contributed by atoms with Crippen molar-refractivity contribution in [1.29, 1.82) is 0 Å². The van der Waals surface area contributed by atoms with Crippen molar-refractivity contribution in [2.24, 2.45) is 5.41 Å². The van der Waals surface area contributed by atoms with E-state index in [0.29, 0.717) is 18.0 Å². The molecular weight excluding hydrogens is 504 g/mol. The third-order valence-electron chi connectivity index (χ3n) is 8.05. The van der Waals surface area contributed by atoms with Gasteiger partial charge in [0.15, 0.2) is 0 Å². The Labute approximate surface area is 229 Å². The Balaban J connectivity index is 1.48. The summed E-state index contributed by atoms with van der Waals surface area (Å²) in [5, 5.41) is 0.553. The monoisotopic (exact) mass is 538 g/mol. The molecule has 3 fully saturated rings. The summed E-state index contributed by atoms with van der Waals surface area (Å²) in [6.45, 7) is 6.19. The van der Waals surface area contributed by atoms with E-state index in [2.05, 4.69) is 0 Å². The van der Waals surface area contributed by atoms with Gasteiger partial charge in [0.2, 0.25) is 5.91 Å². The van der Waals surface area contributed by atoms with Crippen molar-refractivity contribution >= 4 is 29.7 Å². The number of halogens is 1. The van der Waals surface area contributed by atoms with Crippen molar-refractivity contribution in [1.82, 2.24) is 9.80 Å². The molecule has 2 aromatic rings. The van der Waals surface area contributed by atoms with Crippen molar-refractivity contribution in [2.45, 2.75) is 76.5 Å². The second-order valence-electron chi connectivity index (χ2n) is 11.8. The number of hydrogen-bond donors (Lipinski definition) is 0. The second-order valence-corrected chi connectivity index (χ2v) is 12.2. The zero-order chi connectivity index (χ0) is 27.1. The molecule has 38 heavy (non-hydrogen) atoms. The van der Waals surface area contributed by atoms with Crippen LogP contribution in [0.1, 0.15) is 63.5 Å². The Morgan fingerprint density at radius 3 is 2.37 bits per heavy atom. The van der Waals surface area contributed by atoms with Gasteiger partial charge in [-0.3, -0.25) is 4.79 Å². The first-order valence-corrected chi connectivity index (χ1v) is 13.8. The van der Waals surface area contributed by atoms with E-state index in [1.807, 2.05) is 63.2 Å². The van der Waals surface area contributed by atoms with E-state index >= 15 is 0 Å². The van der Waals surface area contributed by atoms with Crippen LogP contribution >= 0.6 is 11.6 Å². The summed E-state index contributed by atoms with van der Waals surface area (Å²) in [4.78, 5) is 43.7. The molecule has 2 heterocycles. The van der Waals surface area contributed by atoms with E-state index in [1.54, 1.807) is 17.0 Å². The molecule has 2 aliphatic heterocycles. The van der Waals surface area contributed by atoms with E-state index in [4.69, 9.17) is 21.1 Å². The number of rotatable bonds is 5. The normalized spacial score (nSPS) is 23.2. The van der Waals surface area contributed by atoms with Crippen LogP contribution in [0.2, 0.25) is 5.02 Å². The molecule has 1 saturated carbocycles. The number of carbonyl (C=O) groups is 3. The fraction of sp³-hybridized carbons (Fsp3) is 0.500. The minimum atomic E-state index is -0.745. The van der Waals surface area contributed by atoms with Crippen molar-refractivity contribution in [2.75, 3.05) is 13.1 Å². The standard InChI is InChI=1S/C30H35ClN2O5/c1-29(2,3)38-28(36)32-17-16-30(14-7-15-30)25(32)24(21-10-12-22(31)13-11-21)26(34)33-19-23(37-27(33)35)18-20-8-5-4-6-9-20/h4-6,8-13,23-25H,7,14-19H2,1-3H3/t23-,24?,25+/m0/s1. The van der Waals surface area contributed by atoms with Crippen LogP contribution in [0.25, 0.3) is 0 Å². The van der Waals surface area contributed by atoms with Crippen LogP contribution in [0.15, 0.2) is 54.6 Å². The van der Waals surface area contributed by atoms with Crippen LogP contribution in [0.5, 0.6) is 0 Å². The van der Waals surface area contributed by atoms with Gasteiger partial charge >= 0.3 is 12.2 Å². The van der Waals surface area contributed by atoms with Gasteiger partial charge in [-0.05, 0) is 68.7 Å². The number of ether oxygens (including phenoxy) is 2. The number of likely N-dealkylation sites (tertiary alicyclic amines) is 1. The summed E-state index contributed by atoms with van der Waals surface area (Å²) in [6, 6.07) is 16.5. The minimum Gasteiger partial charge on any atom is -0.444 e. The van der Waals surface area contributed by atoms with Crippen molar-refractivity contribution in [3.63, 3.8) is 0 Å². The molecule has 3 atom stereocenters. The zero-order valence-corrected chi connectivity index (χ0v) is 22.9. The fourth-order valence-corrected chi connectivity index (χ4v) is 6.30. The number of hydrogen-bond acceptors (Lipinski definition) is 5. The van der Waals surface area contributed by atoms with Gasteiger partial charge in [0.25, 0.3) is 0 Å². The maximum atomic E-state index is 14.3. The highest BCUT2D eigenvalue weighted by Crippen LogP contribution is 2.56. The van der Waals surface area contributed by atoms with Crippen LogP contribution in [0.3, 0.4) is 0 Å². The molecule has 0 bridgehead atoms. The quantitative estimate of drug-likeness (QED) is 0.453. The number of nitrogens with zero attached hydrogens (tertiary/aromatic N) is 2. The average molecular weight is 539 g/mol. The number of benzene rings is 2. The molecule has 0 N–H and O–H groups in total. The first-order valence-electron chi connectivity index (χ1n) is 13.4. The van der Waals surface area contributed by atoms with E-state index in [1.165, 1.54) is 4.90 Å². The van der Waals surface area contributed by atoms with Crippen LogP contribution in [-0.2, 0) is 20.7 Å². The summed E-state index contributed by atoms with van der Waals surface area (Å²) in [7, 11) is 0. The van der Waals surface area contributed by atoms with E-state index < -0.39 is 35.9 Å². The van der Waals surface area contributed by atoms with E-state index in [0.717, 1.165) is 36.8 Å². The Morgan fingerprint density at radius 2 is 1.76 bits per heavy atom. The zero-order valence-electron chi connectivity index (χ0n) is 22.2. The van der Waals surface area contributed by atoms with Gasteiger partial charge in [-0.1, -0.05) is 60.5 Å². The van der Waals surface area contributed by atoms with Gasteiger partial charge in [-0.15, -0.1) is 0 Å². The molecule has 1 spiro atoms. The van der Waals surface area contributed by atoms with Gasteiger partial charge < -0.3 is 14.4 Å². The van der Waals surface area contributed by atoms with Gasteiger partial charge in [-0.25, -0.2) is 14.5 Å². The Kier molecular flexibility index (Phi) is 7.16. The first-order chi connectivity index (χ1) is 18.1. The third kappa shape index (κ3) is 5.26. The highest BCUT2D eigenvalue weighted by Gasteiger charge is 2.58. The third-order valence-corrected chi connectivity index (χ3v) is 8.30. The molecular formula is C30H35ClN2O5. The molecule has 5 rings (SSSR count). The number of carbonyl (C=O) groups excluding carboxylic acids is 3. The maximum Gasteiger partial charge on any atom is 0.417 e. The Morgan fingerprint density at radius 1 is 1.08 bits per heavy atom. The smallest absolute Gasteiger partial charge is 0.417 e. The van der Waals surface area contributed by atoms with Gasteiger partial charge in [-0.2, -0.15) is 0 Å². The molecule has 2 aromatic carbocycles. The molecule has 0 radical (unpaired) electrons. The molecule has 2 saturated heterocycles. The number of cyclic esters (lactones) is 1. The van der Waals surface area contributed by atoms with Crippen molar-refractivity contribution < 1.29 is 23.9 Å². The van der Waals surface area contributed by atoms with Crippen LogP contribution in [0, 0.1) is 5.41 Å². The van der Waals surface area contributed by atoms with Gasteiger partial charge in [0.05, 0.1) is 18.5 Å².